The van der Waals surface area contributed by atoms with E-state index in [2.05, 4.69) is 0 Å². The fourth-order valence-electron chi connectivity index (χ4n) is 2.05. The lowest BCUT2D eigenvalue weighted by Gasteiger charge is -2.12. The summed E-state index contributed by atoms with van der Waals surface area (Å²) in [6.07, 6.45) is 0.527. The first-order chi connectivity index (χ1) is 9.10. The van der Waals surface area contributed by atoms with Crippen molar-refractivity contribution in [2.45, 2.75) is 18.9 Å². The van der Waals surface area contributed by atoms with Gasteiger partial charge in [0.2, 0.25) is 0 Å². The number of methoxy groups -OCH3 is 1. The Morgan fingerprint density at radius 1 is 1.26 bits per heavy atom. The minimum atomic E-state index is -0.819. The van der Waals surface area contributed by atoms with E-state index >= 15 is 0 Å². The molecule has 100 valence electrons. The number of ether oxygens (including phenoxy) is 1. The maximum Gasteiger partial charge on any atom is 0.303 e. The van der Waals surface area contributed by atoms with Crippen LogP contribution in [0.15, 0.2) is 36.4 Å². The second-order valence-electron chi connectivity index (χ2n) is 4.51. The fourth-order valence-corrected chi connectivity index (χ4v) is 2.05. The van der Waals surface area contributed by atoms with E-state index < -0.39 is 5.97 Å². The van der Waals surface area contributed by atoms with Crippen molar-refractivity contribution < 1.29 is 14.6 Å². The molecule has 0 bridgehead atoms. The number of nitrogens with two attached hydrogens (primary N) is 1. The van der Waals surface area contributed by atoms with Crippen LogP contribution in [0.5, 0.6) is 5.75 Å². The van der Waals surface area contributed by atoms with Gasteiger partial charge in [-0.3, -0.25) is 4.79 Å². The third-order valence-electron chi connectivity index (χ3n) is 3.17. The number of hydrogen-bond acceptors (Lipinski definition) is 3. The summed E-state index contributed by atoms with van der Waals surface area (Å²) in [6.45, 7) is 0. The Balaban J connectivity index is 2.23. The molecule has 0 saturated carbocycles. The van der Waals surface area contributed by atoms with Crippen molar-refractivity contribution in [2.75, 3.05) is 7.11 Å². The first-order valence-corrected chi connectivity index (χ1v) is 6.15. The molecule has 1 atom stereocenters. The van der Waals surface area contributed by atoms with E-state index in [4.69, 9.17) is 15.6 Å². The summed E-state index contributed by atoms with van der Waals surface area (Å²) < 4.78 is 5.17. The quantitative estimate of drug-likeness (QED) is 0.866. The van der Waals surface area contributed by atoms with Gasteiger partial charge in [-0.15, -0.1) is 0 Å². The Kier molecular flexibility index (Phi) is 4.02. The molecule has 1 unspecified atom stereocenters. The van der Waals surface area contributed by atoms with Gasteiger partial charge in [0.15, 0.2) is 0 Å². The van der Waals surface area contributed by atoms with Crippen LogP contribution in [0.4, 0.5) is 0 Å². The second kappa shape index (κ2) is 5.71. The molecule has 2 aromatic carbocycles. The van der Waals surface area contributed by atoms with Crippen LogP contribution in [0.2, 0.25) is 0 Å². The smallest absolute Gasteiger partial charge is 0.303 e. The van der Waals surface area contributed by atoms with Gasteiger partial charge in [0, 0.05) is 12.5 Å². The summed E-state index contributed by atoms with van der Waals surface area (Å²) in [5, 5.41) is 10.8. The highest BCUT2D eigenvalue weighted by atomic mass is 16.5. The number of hydrogen-bond donors (Lipinski definition) is 2. The van der Waals surface area contributed by atoms with Crippen LogP contribution in [0.25, 0.3) is 10.8 Å². The summed E-state index contributed by atoms with van der Waals surface area (Å²) >= 11 is 0. The molecule has 2 rings (SSSR count). The normalized spacial score (nSPS) is 12.3. The third kappa shape index (κ3) is 3.23. The van der Waals surface area contributed by atoms with Gasteiger partial charge < -0.3 is 15.6 Å². The number of rotatable bonds is 5. The first-order valence-electron chi connectivity index (χ1n) is 6.15. The van der Waals surface area contributed by atoms with Gasteiger partial charge in [0.05, 0.1) is 7.11 Å². The van der Waals surface area contributed by atoms with Crippen LogP contribution < -0.4 is 10.5 Å². The van der Waals surface area contributed by atoms with Gasteiger partial charge in [-0.25, -0.2) is 0 Å². The standard InChI is InChI=1S/C15H17NO3/c1-19-13-5-4-10-8-12(3-2-11(10)9-13)14(16)6-7-15(17)18/h2-5,8-9,14H,6-7,16H2,1H3,(H,17,18). The predicted octanol–water partition coefficient (Wildman–Crippen LogP) is 2.71. The van der Waals surface area contributed by atoms with Gasteiger partial charge in [0.1, 0.15) is 5.75 Å². The molecule has 0 fully saturated rings. The van der Waals surface area contributed by atoms with Crippen molar-refractivity contribution in [1.29, 1.82) is 0 Å². The Bertz CT molecular complexity index is 595. The number of carboxylic acids is 1. The molecule has 0 aliphatic heterocycles. The van der Waals surface area contributed by atoms with Gasteiger partial charge in [-0.2, -0.15) is 0 Å². The molecule has 0 aromatic heterocycles. The maximum absolute atomic E-state index is 10.5. The van der Waals surface area contributed by atoms with E-state index in [1.165, 1.54) is 0 Å². The van der Waals surface area contributed by atoms with Crippen molar-refractivity contribution in [2.24, 2.45) is 5.73 Å². The molecular weight excluding hydrogens is 242 g/mol. The molecule has 19 heavy (non-hydrogen) atoms. The van der Waals surface area contributed by atoms with Crippen LogP contribution in [-0.4, -0.2) is 18.2 Å². The monoisotopic (exact) mass is 259 g/mol. The number of carboxylic acid groups (broad SMARTS) is 1. The van der Waals surface area contributed by atoms with E-state index in [1.54, 1.807) is 7.11 Å². The van der Waals surface area contributed by atoms with Crippen LogP contribution in [-0.2, 0) is 4.79 Å². The summed E-state index contributed by atoms with van der Waals surface area (Å²) in [5.41, 5.74) is 6.96. The Morgan fingerprint density at radius 2 is 1.95 bits per heavy atom. The van der Waals surface area contributed by atoms with Gasteiger partial charge in [-0.1, -0.05) is 18.2 Å². The SMILES string of the molecule is COc1ccc2cc(C(N)CCC(=O)O)ccc2c1. The fraction of sp³-hybridized carbons (Fsp3) is 0.267. The van der Waals surface area contributed by atoms with Crippen molar-refractivity contribution in [3.63, 3.8) is 0 Å². The number of benzene rings is 2. The predicted molar refractivity (Wildman–Crippen MR) is 74.3 cm³/mol. The Labute approximate surface area is 111 Å². The lowest BCUT2D eigenvalue weighted by Crippen LogP contribution is -2.12. The average molecular weight is 259 g/mol. The summed E-state index contributed by atoms with van der Waals surface area (Å²) in [4.78, 5) is 10.5. The van der Waals surface area contributed by atoms with Crippen molar-refractivity contribution in [3.05, 3.63) is 42.0 Å². The number of carbonyl (C=O) groups is 1. The van der Waals surface area contributed by atoms with Crippen LogP contribution >= 0.6 is 0 Å². The van der Waals surface area contributed by atoms with E-state index in [9.17, 15) is 4.79 Å². The highest BCUT2D eigenvalue weighted by Gasteiger charge is 2.09. The zero-order valence-electron chi connectivity index (χ0n) is 10.8. The number of aliphatic carboxylic acids is 1. The molecule has 0 spiro atoms. The molecule has 2 aromatic rings. The second-order valence-corrected chi connectivity index (χ2v) is 4.51. The zero-order valence-corrected chi connectivity index (χ0v) is 10.8. The lowest BCUT2D eigenvalue weighted by atomic mass is 9.99. The molecule has 0 radical (unpaired) electrons. The van der Waals surface area contributed by atoms with Crippen molar-refractivity contribution in [1.82, 2.24) is 0 Å². The minimum absolute atomic E-state index is 0.0851. The average Bonchev–Trinajstić information content (AvgIpc) is 2.43. The minimum Gasteiger partial charge on any atom is -0.497 e. The summed E-state index contributed by atoms with van der Waals surface area (Å²) in [6, 6.07) is 11.5. The van der Waals surface area contributed by atoms with E-state index in [0.29, 0.717) is 6.42 Å². The van der Waals surface area contributed by atoms with Crippen LogP contribution in [0.1, 0.15) is 24.4 Å². The molecular formula is C15H17NO3. The molecule has 0 aliphatic rings. The first kappa shape index (κ1) is 13.4. The molecule has 0 amide bonds. The van der Waals surface area contributed by atoms with Crippen molar-refractivity contribution >= 4 is 16.7 Å². The topological polar surface area (TPSA) is 72.5 Å². The molecule has 4 heteroatoms. The van der Waals surface area contributed by atoms with E-state index in [0.717, 1.165) is 22.1 Å². The molecule has 4 nitrogen and oxygen atoms in total. The van der Waals surface area contributed by atoms with Crippen molar-refractivity contribution in [3.8, 4) is 5.75 Å². The van der Waals surface area contributed by atoms with Gasteiger partial charge >= 0.3 is 5.97 Å². The van der Waals surface area contributed by atoms with Gasteiger partial charge in [0.25, 0.3) is 0 Å². The molecule has 0 saturated heterocycles. The molecule has 0 heterocycles. The summed E-state index contributed by atoms with van der Waals surface area (Å²) in [7, 11) is 1.64. The summed E-state index contributed by atoms with van der Waals surface area (Å²) in [5.74, 6) is -0.00333. The highest BCUT2D eigenvalue weighted by Crippen LogP contribution is 2.25. The van der Waals surface area contributed by atoms with Crippen LogP contribution in [0, 0.1) is 0 Å². The molecule has 0 aliphatic carbocycles. The van der Waals surface area contributed by atoms with Gasteiger partial charge in [-0.05, 0) is 41.0 Å². The highest BCUT2D eigenvalue weighted by molar-refractivity contribution is 5.84. The maximum atomic E-state index is 10.5. The van der Waals surface area contributed by atoms with E-state index in [-0.39, 0.29) is 12.5 Å². The Morgan fingerprint density at radius 3 is 2.63 bits per heavy atom. The molecule has 3 N–H and O–H groups in total. The Hall–Kier alpha value is -2.07. The van der Waals surface area contributed by atoms with E-state index in [1.807, 2.05) is 36.4 Å². The number of fused-ring (bicyclic) bond motifs is 1. The largest absolute Gasteiger partial charge is 0.497 e. The third-order valence-corrected chi connectivity index (χ3v) is 3.17. The lowest BCUT2D eigenvalue weighted by molar-refractivity contribution is -0.137. The zero-order chi connectivity index (χ0) is 13.8. The van der Waals surface area contributed by atoms with Crippen LogP contribution in [0.3, 0.4) is 0 Å².